The Labute approximate surface area is 108 Å². The summed E-state index contributed by atoms with van der Waals surface area (Å²) in [5, 5.41) is 7.84. The smallest absolute Gasteiger partial charge is 0.332 e. The summed E-state index contributed by atoms with van der Waals surface area (Å²) in [6, 6.07) is -1.27. The van der Waals surface area contributed by atoms with Crippen LogP contribution in [0.25, 0.3) is 0 Å². The summed E-state index contributed by atoms with van der Waals surface area (Å²) < 4.78 is 9.27. The van der Waals surface area contributed by atoms with Gasteiger partial charge in [-0.15, -0.1) is 0 Å². The number of methoxy groups -OCH3 is 2. The summed E-state index contributed by atoms with van der Waals surface area (Å²) in [5.41, 5.74) is 0. The zero-order valence-corrected chi connectivity index (χ0v) is 11.5. The number of ether oxygens (including phenoxy) is 2. The van der Waals surface area contributed by atoms with Crippen LogP contribution < -0.4 is 0 Å². The molecule has 0 radical (unpaired) electrons. The van der Waals surface area contributed by atoms with Crippen LogP contribution in [-0.2, 0) is 19.1 Å². The third-order valence-electron chi connectivity index (χ3n) is 2.42. The summed E-state index contributed by atoms with van der Waals surface area (Å²) in [6.45, 7) is 3.88. The highest BCUT2D eigenvalue weighted by Gasteiger charge is 2.21. The van der Waals surface area contributed by atoms with Crippen LogP contribution in [0.2, 0.25) is 0 Å². The molecule has 0 saturated heterocycles. The molecule has 0 amide bonds. The minimum atomic E-state index is -0.635. The molecule has 0 saturated carbocycles. The Kier molecular flexibility index (Phi) is 8.78. The fourth-order valence-electron chi connectivity index (χ4n) is 1.43. The zero-order valence-electron chi connectivity index (χ0n) is 11.5. The number of carbonyl (C=O) groups is 2. The van der Waals surface area contributed by atoms with E-state index in [1.807, 2.05) is 13.8 Å². The SMILES string of the molecule is CCCC(N=NC(CCC)C(=O)OC)C(=O)OC. The van der Waals surface area contributed by atoms with Crippen LogP contribution in [0.4, 0.5) is 0 Å². The summed E-state index contributed by atoms with van der Waals surface area (Å²) in [6.07, 6.45) is 2.68. The first-order valence-corrected chi connectivity index (χ1v) is 6.16. The van der Waals surface area contributed by atoms with Crippen molar-refractivity contribution in [1.82, 2.24) is 0 Å². The number of hydrogen-bond acceptors (Lipinski definition) is 6. The summed E-state index contributed by atoms with van der Waals surface area (Å²) in [7, 11) is 2.62. The molecule has 0 bridgehead atoms. The topological polar surface area (TPSA) is 77.3 Å². The van der Waals surface area contributed by atoms with Crippen LogP contribution in [0, 0.1) is 0 Å². The van der Waals surface area contributed by atoms with Gasteiger partial charge in [-0.05, 0) is 12.8 Å². The average Bonchev–Trinajstić information content (AvgIpc) is 2.40. The molecule has 0 aliphatic rings. The minimum Gasteiger partial charge on any atom is -0.467 e. The average molecular weight is 258 g/mol. The van der Waals surface area contributed by atoms with E-state index >= 15 is 0 Å². The molecule has 0 aromatic carbocycles. The molecule has 2 atom stereocenters. The van der Waals surface area contributed by atoms with E-state index in [1.54, 1.807) is 0 Å². The highest BCUT2D eigenvalue weighted by molar-refractivity contribution is 5.76. The van der Waals surface area contributed by atoms with E-state index in [0.29, 0.717) is 12.8 Å². The van der Waals surface area contributed by atoms with Gasteiger partial charge in [-0.3, -0.25) is 0 Å². The molecule has 104 valence electrons. The molecule has 0 aliphatic carbocycles. The number of rotatable bonds is 8. The second-order valence-electron chi connectivity index (χ2n) is 3.89. The van der Waals surface area contributed by atoms with E-state index in [0.717, 1.165) is 12.8 Å². The molecular weight excluding hydrogens is 236 g/mol. The lowest BCUT2D eigenvalue weighted by Crippen LogP contribution is -2.23. The van der Waals surface area contributed by atoms with Crippen molar-refractivity contribution in [2.75, 3.05) is 14.2 Å². The van der Waals surface area contributed by atoms with Crippen molar-refractivity contribution < 1.29 is 19.1 Å². The number of azo groups is 1. The lowest BCUT2D eigenvalue weighted by molar-refractivity contribution is -0.144. The number of esters is 2. The molecule has 6 nitrogen and oxygen atoms in total. The van der Waals surface area contributed by atoms with E-state index in [2.05, 4.69) is 19.7 Å². The summed E-state index contributed by atoms with van der Waals surface area (Å²) in [4.78, 5) is 22.8. The molecule has 2 unspecified atom stereocenters. The fourth-order valence-corrected chi connectivity index (χ4v) is 1.43. The van der Waals surface area contributed by atoms with Gasteiger partial charge in [0.2, 0.25) is 0 Å². The third-order valence-corrected chi connectivity index (χ3v) is 2.42. The lowest BCUT2D eigenvalue weighted by atomic mass is 10.2. The van der Waals surface area contributed by atoms with Gasteiger partial charge in [0.05, 0.1) is 14.2 Å². The Balaban J connectivity index is 4.68. The van der Waals surface area contributed by atoms with Crippen LogP contribution in [-0.4, -0.2) is 38.2 Å². The Bertz CT molecular complexity index is 264. The predicted molar refractivity (Wildman–Crippen MR) is 66.3 cm³/mol. The normalized spacial score (nSPS) is 14.2. The van der Waals surface area contributed by atoms with Gasteiger partial charge in [-0.1, -0.05) is 26.7 Å². The molecule has 0 aromatic rings. The molecular formula is C12H22N2O4. The van der Waals surface area contributed by atoms with Crippen LogP contribution in [0.5, 0.6) is 0 Å². The van der Waals surface area contributed by atoms with Gasteiger partial charge >= 0.3 is 11.9 Å². The Morgan fingerprint density at radius 2 is 1.22 bits per heavy atom. The van der Waals surface area contributed by atoms with E-state index in [1.165, 1.54) is 14.2 Å². The fraction of sp³-hybridized carbons (Fsp3) is 0.833. The first-order chi connectivity index (χ1) is 8.60. The van der Waals surface area contributed by atoms with Crippen LogP contribution in [0.1, 0.15) is 39.5 Å². The van der Waals surface area contributed by atoms with Gasteiger partial charge in [0.15, 0.2) is 12.1 Å². The van der Waals surface area contributed by atoms with Crippen molar-refractivity contribution in [3.05, 3.63) is 0 Å². The molecule has 18 heavy (non-hydrogen) atoms. The molecule has 0 fully saturated rings. The first-order valence-electron chi connectivity index (χ1n) is 6.16. The van der Waals surface area contributed by atoms with Crippen LogP contribution in [0.3, 0.4) is 0 Å². The maximum absolute atomic E-state index is 11.4. The Morgan fingerprint density at radius 1 is 0.889 bits per heavy atom. The van der Waals surface area contributed by atoms with Crippen molar-refractivity contribution in [1.29, 1.82) is 0 Å². The van der Waals surface area contributed by atoms with E-state index in [-0.39, 0.29) is 0 Å². The molecule has 0 rings (SSSR count). The second-order valence-corrected chi connectivity index (χ2v) is 3.89. The Morgan fingerprint density at radius 3 is 1.44 bits per heavy atom. The largest absolute Gasteiger partial charge is 0.467 e. The zero-order chi connectivity index (χ0) is 14.0. The molecule has 0 aromatic heterocycles. The Hall–Kier alpha value is -1.46. The molecule has 0 spiro atoms. The number of hydrogen-bond donors (Lipinski definition) is 0. The van der Waals surface area contributed by atoms with E-state index < -0.39 is 24.0 Å². The van der Waals surface area contributed by atoms with Crippen molar-refractivity contribution in [3.8, 4) is 0 Å². The second kappa shape index (κ2) is 9.56. The number of carbonyl (C=O) groups excluding carboxylic acids is 2. The van der Waals surface area contributed by atoms with E-state index in [4.69, 9.17) is 0 Å². The van der Waals surface area contributed by atoms with Crippen LogP contribution >= 0.6 is 0 Å². The van der Waals surface area contributed by atoms with Crippen LogP contribution in [0.15, 0.2) is 10.2 Å². The third kappa shape index (κ3) is 5.75. The molecule has 0 aliphatic heterocycles. The standard InChI is InChI=1S/C12H22N2O4/c1-5-7-9(11(15)17-3)13-14-10(8-6-2)12(16)18-4/h9-10H,5-8H2,1-4H3. The quantitative estimate of drug-likeness (QED) is 0.493. The van der Waals surface area contributed by atoms with Gasteiger partial charge < -0.3 is 9.47 Å². The van der Waals surface area contributed by atoms with Crippen molar-refractivity contribution in [2.45, 2.75) is 51.6 Å². The van der Waals surface area contributed by atoms with E-state index in [9.17, 15) is 9.59 Å². The van der Waals surface area contributed by atoms with Gasteiger partial charge in [-0.2, -0.15) is 10.2 Å². The lowest BCUT2D eigenvalue weighted by Gasteiger charge is -2.10. The summed E-state index contributed by atoms with van der Waals surface area (Å²) in [5.74, 6) is -0.860. The summed E-state index contributed by atoms with van der Waals surface area (Å²) >= 11 is 0. The van der Waals surface area contributed by atoms with Crippen molar-refractivity contribution >= 4 is 11.9 Å². The molecule has 6 heteroatoms. The number of nitrogens with zero attached hydrogens (tertiary/aromatic N) is 2. The maximum Gasteiger partial charge on any atom is 0.332 e. The van der Waals surface area contributed by atoms with Gasteiger partial charge in [0.25, 0.3) is 0 Å². The van der Waals surface area contributed by atoms with Crippen molar-refractivity contribution in [2.24, 2.45) is 10.2 Å². The van der Waals surface area contributed by atoms with Gasteiger partial charge in [0.1, 0.15) is 0 Å². The highest BCUT2D eigenvalue weighted by Crippen LogP contribution is 2.09. The highest BCUT2D eigenvalue weighted by atomic mass is 16.5. The van der Waals surface area contributed by atoms with Gasteiger partial charge in [-0.25, -0.2) is 9.59 Å². The minimum absolute atomic E-state index is 0.430. The maximum atomic E-state index is 11.4. The van der Waals surface area contributed by atoms with Crippen molar-refractivity contribution in [3.63, 3.8) is 0 Å². The molecule has 0 N–H and O–H groups in total. The monoisotopic (exact) mass is 258 g/mol. The van der Waals surface area contributed by atoms with Gasteiger partial charge in [0, 0.05) is 0 Å². The first kappa shape index (κ1) is 16.5. The molecule has 0 heterocycles. The predicted octanol–water partition coefficient (Wildman–Crippen LogP) is 2.12.